The summed E-state index contributed by atoms with van der Waals surface area (Å²) in [5.41, 5.74) is 5.97. The molecule has 7 nitrogen and oxygen atoms in total. The van der Waals surface area contributed by atoms with Crippen LogP contribution in [0.5, 0.6) is 17.4 Å². The number of fused-ring (bicyclic) bond motifs is 5. The fourth-order valence-corrected chi connectivity index (χ4v) is 5.72. The topological polar surface area (TPSA) is 83.7 Å². The fraction of sp³-hybridized carbons (Fsp3) is 0.300. The summed E-state index contributed by atoms with van der Waals surface area (Å²) < 4.78 is 23.2. The van der Waals surface area contributed by atoms with Gasteiger partial charge in [-0.25, -0.2) is 9.78 Å². The van der Waals surface area contributed by atoms with Crippen LogP contribution in [0.25, 0.3) is 11.3 Å². The van der Waals surface area contributed by atoms with E-state index in [2.05, 4.69) is 5.16 Å². The van der Waals surface area contributed by atoms with Gasteiger partial charge in [0.1, 0.15) is 29.6 Å². The lowest BCUT2D eigenvalue weighted by atomic mass is 10.0. The molecule has 0 N–H and O–H groups in total. The highest BCUT2D eigenvalue weighted by molar-refractivity contribution is 6.33. The number of carbonyl (C=O) groups excluding carboxylic acids is 1. The number of hydrogen-bond donors (Lipinski definition) is 0. The van der Waals surface area contributed by atoms with Gasteiger partial charge < -0.3 is 18.7 Å². The number of rotatable bonds is 6. The van der Waals surface area contributed by atoms with Gasteiger partial charge in [0.05, 0.1) is 29.0 Å². The van der Waals surface area contributed by atoms with Crippen LogP contribution in [0, 0.1) is 6.92 Å². The zero-order valence-corrected chi connectivity index (χ0v) is 21.7. The van der Waals surface area contributed by atoms with Gasteiger partial charge in [-0.1, -0.05) is 35.0 Å². The standard InChI is InChI=1S/C30H25ClN2O5/c1-15-4-3-5-22(31)26(15)28-21(29(38-33-28)16-6-7-16)14-36-25-11-10-23-27(32-25)20-13-19(20)18-9-8-17(30(34)35-2)12-24(18)37-23/h3-5,8-12,16,19-20H,6-7,13-14H2,1-2H3. The van der Waals surface area contributed by atoms with Crippen molar-refractivity contribution in [1.82, 2.24) is 10.1 Å². The number of esters is 1. The number of methoxy groups -OCH3 is 1. The van der Waals surface area contributed by atoms with Gasteiger partial charge >= 0.3 is 5.97 Å². The predicted molar refractivity (Wildman–Crippen MR) is 140 cm³/mol. The van der Waals surface area contributed by atoms with E-state index < -0.39 is 0 Å². The van der Waals surface area contributed by atoms with Crippen molar-refractivity contribution in [3.05, 3.63) is 87.3 Å². The summed E-state index contributed by atoms with van der Waals surface area (Å²) >= 11 is 6.57. The number of hydrogen-bond acceptors (Lipinski definition) is 7. The van der Waals surface area contributed by atoms with Crippen LogP contribution in [-0.2, 0) is 11.3 Å². The summed E-state index contributed by atoms with van der Waals surface area (Å²) in [6, 6.07) is 15.0. The molecule has 2 fully saturated rings. The Morgan fingerprint density at radius 3 is 2.76 bits per heavy atom. The first kappa shape index (κ1) is 23.3. The summed E-state index contributed by atoms with van der Waals surface area (Å²) in [6.07, 6.45) is 3.14. The second-order valence-corrected chi connectivity index (χ2v) is 10.6. The van der Waals surface area contributed by atoms with Crippen LogP contribution in [0.4, 0.5) is 0 Å². The van der Waals surface area contributed by atoms with Gasteiger partial charge in [0.25, 0.3) is 0 Å². The van der Waals surface area contributed by atoms with Gasteiger partial charge in [0.15, 0.2) is 0 Å². The molecular weight excluding hydrogens is 504 g/mol. The van der Waals surface area contributed by atoms with Gasteiger partial charge in [-0.05, 0) is 67.5 Å². The third-order valence-corrected chi connectivity index (χ3v) is 7.96. The first-order valence-electron chi connectivity index (χ1n) is 12.8. The predicted octanol–water partition coefficient (Wildman–Crippen LogP) is 7.32. The number of benzene rings is 2. The first-order chi connectivity index (χ1) is 18.5. The lowest BCUT2D eigenvalue weighted by molar-refractivity contribution is 0.0600. The van der Waals surface area contributed by atoms with E-state index in [1.54, 1.807) is 12.1 Å². The molecule has 38 heavy (non-hydrogen) atoms. The van der Waals surface area contributed by atoms with Gasteiger partial charge in [-0.2, -0.15) is 0 Å². The smallest absolute Gasteiger partial charge is 0.337 e. The molecule has 3 heterocycles. The molecule has 2 aromatic heterocycles. The van der Waals surface area contributed by atoms with Crippen LogP contribution in [-0.4, -0.2) is 23.2 Å². The second-order valence-electron chi connectivity index (χ2n) is 10.2. The number of pyridine rings is 1. The number of halogens is 1. The second kappa shape index (κ2) is 8.88. The Morgan fingerprint density at radius 2 is 1.97 bits per heavy atom. The maximum absolute atomic E-state index is 12.0. The average Bonchev–Trinajstić information content (AvgIpc) is 3.85. The minimum absolute atomic E-state index is 0.248. The Labute approximate surface area is 224 Å². The third kappa shape index (κ3) is 3.93. The van der Waals surface area contributed by atoms with Crippen molar-refractivity contribution in [3.8, 4) is 28.6 Å². The monoisotopic (exact) mass is 528 g/mol. The van der Waals surface area contributed by atoms with Crippen molar-refractivity contribution >= 4 is 17.6 Å². The number of nitrogens with zero attached hydrogens (tertiary/aromatic N) is 2. The van der Waals surface area contributed by atoms with E-state index in [4.69, 9.17) is 35.3 Å². The largest absolute Gasteiger partial charge is 0.473 e. The number of aromatic nitrogens is 2. The summed E-state index contributed by atoms with van der Waals surface area (Å²) in [5, 5.41) is 5.05. The highest BCUT2D eigenvalue weighted by atomic mass is 35.5. The Kier molecular flexibility index (Phi) is 5.44. The molecule has 0 spiro atoms. The number of carbonyl (C=O) groups is 1. The normalized spacial score (nSPS) is 18.9. The summed E-state index contributed by atoms with van der Waals surface area (Å²) in [5.74, 6) is 3.27. The quantitative estimate of drug-likeness (QED) is 0.242. The third-order valence-electron chi connectivity index (χ3n) is 7.65. The molecular formula is C30H25ClN2O5. The van der Waals surface area contributed by atoms with Crippen LogP contribution < -0.4 is 9.47 Å². The molecule has 2 aliphatic carbocycles. The van der Waals surface area contributed by atoms with E-state index >= 15 is 0 Å². The zero-order chi connectivity index (χ0) is 26.0. The highest BCUT2D eigenvalue weighted by Crippen LogP contribution is 2.61. The highest BCUT2D eigenvalue weighted by Gasteiger charge is 2.46. The van der Waals surface area contributed by atoms with E-state index in [0.29, 0.717) is 39.8 Å². The van der Waals surface area contributed by atoms with Gasteiger partial charge in [0.2, 0.25) is 5.88 Å². The molecule has 192 valence electrons. The molecule has 4 aromatic rings. The van der Waals surface area contributed by atoms with Gasteiger partial charge in [0, 0.05) is 23.5 Å². The van der Waals surface area contributed by atoms with Crippen molar-refractivity contribution in [2.45, 2.75) is 50.5 Å². The molecule has 8 heteroatoms. The first-order valence-corrected chi connectivity index (χ1v) is 13.2. The van der Waals surface area contributed by atoms with Crippen molar-refractivity contribution in [1.29, 1.82) is 0 Å². The summed E-state index contributed by atoms with van der Waals surface area (Å²) in [6.45, 7) is 2.29. The van der Waals surface area contributed by atoms with Crippen LogP contribution in [0.2, 0.25) is 5.02 Å². The minimum atomic E-state index is -0.388. The van der Waals surface area contributed by atoms with Crippen LogP contribution in [0.3, 0.4) is 0 Å². The van der Waals surface area contributed by atoms with Crippen molar-refractivity contribution < 1.29 is 23.5 Å². The Balaban J connectivity index is 1.18. The molecule has 0 amide bonds. The van der Waals surface area contributed by atoms with E-state index in [-0.39, 0.29) is 18.5 Å². The molecule has 7 rings (SSSR count). The SMILES string of the molecule is COC(=O)c1ccc2c(c1)Oc1ccc(OCc3c(-c4c(C)cccc4Cl)noc3C3CC3)nc1C1CC21. The zero-order valence-electron chi connectivity index (χ0n) is 21.0. The molecule has 1 aliphatic heterocycles. The van der Waals surface area contributed by atoms with E-state index in [1.807, 2.05) is 43.3 Å². The molecule has 2 atom stereocenters. The number of aryl methyl sites for hydroxylation is 1. The lowest BCUT2D eigenvalue weighted by Gasteiger charge is -2.13. The van der Waals surface area contributed by atoms with E-state index in [1.165, 1.54) is 7.11 Å². The van der Waals surface area contributed by atoms with Gasteiger partial charge in [-0.15, -0.1) is 0 Å². The van der Waals surface area contributed by atoms with Crippen LogP contribution >= 0.6 is 11.6 Å². The molecule has 0 saturated heterocycles. The molecule has 2 aromatic carbocycles. The number of ether oxygens (including phenoxy) is 3. The maximum Gasteiger partial charge on any atom is 0.337 e. The average molecular weight is 529 g/mol. The Hall–Kier alpha value is -3.84. The molecule has 0 radical (unpaired) electrons. The van der Waals surface area contributed by atoms with Crippen LogP contribution in [0.1, 0.15) is 75.5 Å². The van der Waals surface area contributed by atoms with Crippen molar-refractivity contribution in [2.24, 2.45) is 0 Å². The van der Waals surface area contributed by atoms with Crippen molar-refractivity contribution in [2.75, 3.05) is 7.11 Å². The molecule has 2 unspecified atom stereocenters. The minimum Gasteiger partial charge on any atom is -0.473 e. The summed E-state index contributed by atoms with van der Waals surface area (Å²) in [7, 11) is 1.37. The van der Waals surface area contributed by atoms with E-state index in [0.717, 1.165) is 58.7 Å². The molecule has 3 aliphatic rings. The van der Waals surface area contributed by atoms with Gasteiger partial charge in [-0.3, -0.25) is 0 Å². The van der Waals surface area contributed by atoms with Crippen molar-refractivity contribution in [3.63, 3.8) is 0 Å². The molecule has 2 saturated carbocycles. The van der Waals surface area contributed by atoms with Crippen LogP contribution in [0.15, 0.2) is 53.1 Å². The maximum atomic E-state index is 12.0. The molecule has 0 bridgehead atoms. The summed E-state index contributed by atoms with van der Waals surface area (Å²) in [4.78, 5) is 16.9. The fourth-order valence-electron chi connectivity index (χ4n) is 5.41. The Bertz CT molecular complexity index is 1570. The van der Waals surface area contributed by atoms with E-state index in [9.17, 15) is 4.79 Å². The Morgan fingerprint density at radius 1 is 1.11 bits per heavy atom. The lowest BCUT2D eigenvalue weighted by Crippen LogP contribution is -2.03.